The Kier molecular flexibility index (Phi) is 3.22. The van der Waals surface area contributed by atoms with Crippen molar-refractivity contribution in [2.24, 2.45) is 0 Å². The highest BCUT2D eigenvalue weighted by Gasteiger charge is 2.10. The number of para-hydroxylation sites is 1. The highest BCUT2D eigenvalue weighted by Crippen LogP contribution is 2.27. The minimum absolute atomic E-state index is 0.453. The molecule has 0 unspecified atom stereocenters. The van der Waals surface area contributed by atoms with Gasteiger partial charge in [-0.2, -0.15) is 0 Å². The van der Waals surface area contributed by atoms with E-state index < -0.39 is 0 Å². The maximum absolute atomic E-state index is 6.04. The van der Waals surface area contributed by atoms with Crippen molar-refractivity contribution in [3.8, 4) is 11.5 Å². The molecule has 0 spiro atoms. The fourth-order valence-electron chi connectivity index (χ4n) is 2.03. The predicted octanol–water partition coefficient (Wildman–Crippen LogP) is 4.50. The van der Waals surface area contributed by atoms with Crippen molar-refractivity contribution in [2.75, 3.05) is 0 Å². The Bertz CT molecular complexity index is 688. The Hall–Kier alpha value is -1.87. The summed E-state index contributed by atoms with van der Waals surface area (Å²) in [5.74, 6) is 1.48. The van der Waals surface area contributed by atoms with Crippen molar-refractivity contribution < 1.29 is 4.42 Å². The lowest BCUT2D eigenvalue weighted by atomic mass is 10.2. The summed E-state index contributed by atoms with van der Waals surface area (Å²) < 4.78 is 5.79. The van der Waals surface area contributed by atoms with Crippen LogP contribution in [0.5, 0.6) is 0 Å². The Labute approximate surface area is 116 Å². The van der Waals surface area contributed by atoms with Crippen LogP contribution in [0.15, 0.2) is 40.8 Å². The summed E-state index contributed by atoms with van der Waals surface area (Å²) in [5, 5.41) is 1.51. The van der Waals surface area contributed by atoms with E-state index in [1.807, 2.05) is 30.3 Å². The fourth-order valence-corrected chi connectivity index (χ4v) is 2.24. The minimum Gasteiger partial charge on any atom is -0.454 e. The van der Waals surface area contributed by atoms with Gasteiger partial charge >= 0.3 is 0 Å². The van der Waals surface area contributed by atoms with E-state index in [2.05, 4.69) is 16.9 Å². The second kappa shape index (κ2) is 5.02. The van der Waals surface area contributed by atoms with Gasteiger partial charge in [-0.05, 0) is 18.6 Å². The Morgan fingerprint density at radius 2 is 2.00 bits per heavy atom. The average molecular weight is 273 g/mol. The van der Waals surface area contributed by atoms with Crippen LogP contribution in [0, 0.1) is 0 Å². The molecule has 0 saturated carbocycles. The molecule has 96 valence electrons. The molecule has 19 heavy (non-hydrogen) atoms. The molecule has 0 aliphatic rings. The van der Waals surface area contributed by atoms with Gasteiger partial charge in [-0.3, -0.25) is 0 Å². The fraction of sp³-hybridized carbons (Fsp3) is 0.200. The van der Waals surface area contributed by atoms with Crippen LogP contribution in [0.2, 0.25) is 5.15 Å². The third kappa shape index (κ3) is 2.47. The van der Waals surface area contributed by atoms with Crippen molar-refractivity contribution in [3.63, 3.8) is 0 Å². The zero-order chi connectivity index (χ0) is 13.2. The molecular formula is C15H13ClN2O. The molecule has 0 saturated heterocycles. The number of halogens is 1. The summed E-state index contributed by atoms with van der Waals surface area (Å²) in [6.45, 7) is 2.09. The SMILES string of the molecule is CCCc1nc(Cl)cc(-c2cc3ccccc3o2)n1. The van der Waals surface area contributed by atoms with Gasteiger partial charge in [0.05, 0.1) is 0 Å². The number of hydrogen-bond acceptors (Lipinski definition) is 3. The standard InChI is InChI=1S/C15H13ClN2O/c1-2-5-15-17-11(9-14(16)18-15)13-8-10-6-3-4-7-12(10)19-13/h3-4,6-9H,2,5H2,1H3. The number of rotatable bonds is 3. The molecule has 2 aromatic heterocycles. The molecule has 0 bridgehead atoms. The van der Waals surface area contributed by atoms with E-state index in [-0.39, 0.29) is 0 Å². The maximum Gasteiger partial charge on any atom is 0.153 e. The Balaban J connectivity index is 2.09. The van der Waals surface area contributed by atoms with Crippen LogP contribution in [0.1, 0.15) is 19.2 Å². The van der Waals surface area contributed by atoms with Crippen LogP contribution >= 0.6 is 11.6 Å². The van der Waals surface area contributed by atoms with Crippen molar-refractivity contribution in [2.45, 2.75) is 19.8 Å². The summed E-state index contributed by atoms with van der Waals surface area (Å²) in [6, 6.07) is 11.6. The largest absolute Gasteiger partial charge is 0.454 e. The van der Waals surface area contributed by atoms with Crippen LogP contribution in [-0.4, -0.2) is 9.97 Å². The molecule has 2 heterocycles. The third-order valence-electron chi connectivity index (χ3n) is 2.89. The summed E-state index contributed by atoms with van der Waals surface area (Å²) in [6.07, 6.45) is 1.80. The summed E-state index contributed by atoms with van der Waals surface area (Å²) in [7, 11) is 0. The molecule has 0 amide bonds. The van der Waals surface area contributed by atoms with Crippen LogP contribution in [-0.2, 0) is 6.42 Å². The van der Waals surface area contributed by atoms with Gasteiger partial charge in [-0.25, -0.2) is 9.97 Å². The predicted molar refractivity (Wildman–Crippen MR) is 76.2 cm³/mol. The number of aromatic nitrogens is 2. The number of furan rings is 1. The number of benzene rings is 1. The third-order valence-corrected chi connectivity index (χ3v) is 3.09. The molecular weight excluding hydrogens is 260 g/mol. The van der Waals surface area contributed by atoms with Crippen LogP contribution < -0.4 is 0 Å². The van der Waals surface area contributed by atoms with Gasteiger partial charge in [0, 0.05) is 17.9 Å². The van der Waals surface area contributed by atoms with Gasteiger partial charge < -0.3 is 4.42 Å². The van der Waals surface area contributed by atoms with E-state index in [0.717, 1.165) is 41.1 Å². The van der Waals surface area contributed by atoms with E-state index in [1.165, 1.54) is 0 Å². The van der Waals surface area contributed by atoms with Crippen molar-refractivity contribution in [3.05, 3.63) is 47.4 Å². The minimum atomic E-state index is 0.453. The number of hydrogen-bond donors (Lipinski definition) is 0. The topological polar surface area (TPSA) is 38.9 Å². The average Bonchev–Trinajstić information content (AvgIpc) is 2.82. The Morgan fingerprint density at radius 3 is 2.79 bits per heavy atom. The first-order valence-electron chi connectivity index (χ1n) is 6.28. The maximum atomic E-state index is 6.04. The summed E-state index contributed by atoms with van der Waals surface area (Å²) >= 11 is 6.04. The van der Waals surface area contributed by atoms with Crippen molar-refractivity contribution in [1.82, 2.24) is 9.97 Å². The quantitative estimate of drug-likeness (QED) is 0.659. The molecule has 3 rings (SSSR count). The molecule has 0 aliphatic heterocycles. The molecule has 0 atom stereocenters. The van der Waals surface area contributed by atoms with Gasteiger partial charge in [-0.15, -0.1) is 0 Å². The molecule has 0 radical (unpaired) electrons. The van der Waals surface area contributed by atoms with Crippen molar-refractivity contribution in [1.29, 1.82) is 0 Å². The van der Waals surface area contributed by atoms with Gasteiger partial charge in [0.25, 0.3) is 0 Å². The highest BCUT2D eigenvalue weighted by atomic mass is 35.5. The first-order chi connectivity index (χ1) is 9.26. The van der Waals surface area contributed by atoms with E-state index in [0.29, 0.717) is 5.15 Å². The van der Waals surface area contributed by atoms with Gasteiger partial charge in [0.1, 0.15) is 22.3 Å². The molecule has 3 aromatic rings. The molecule has 1 aromatic carbocycles. The smallest absolute Gasteiger partial charge is 0.153 e. The number of nitrogens with zero attached hydrogens (tertiary/aromatic N) is 2. The van der Waals surface area contributed by atoms with E-state index in [9.17, 15) is 0 Å². The molecule has 0 fully saturated rings. The molecule has 0 aliphatic carbocycles. The second-order valence-electron chi connectivity index (χ2n) is 4.39. The Morgan fingerprint density at radius 1 is 1.16 bits per heavy atom. The van der Waals surface area contributed by atoms with Crippen LogP contribution in [0.25, 0.3) is 22.4 Å². The van der Waals surface area contributed by atoms with Gasteiger partial charge in [0.2, 0.25) is 0 Å². The normalized spacial score (nSPS) is 11.1. The van der Waals surface area contributed by atoms with E-state index in [1.54, 1.807) is 6.07 Å². The lowest BCUT2D eigenvalue weighted by Crippen LogP contribution is -1.96. The zero-order valence-corrected chi connectivity index (χ0v) is 11.3. The van der Waals surface area contributed by atoms with Crippen LogP contribution in [0.4, 0.5) is 0 Å². The summed E-state index contributed by atoms with van der Waals surface area (Å²) in [4.78, 5) is 8.72. The van der Waals surface area contributed by atoms with Crippen molar-refractivity contribution >= 4 is 22.6 Å². The first kappa shape index (κ1) is 12.2. The monoisotopic (exact) mass is 272 g/mol. The number of fused-ring (bicyclic) bond motifs is 1. The van der Waals surface area contributed by atoms with Gasteiger partial charge in [0.15, 0.2) is 5.76 Å². The lowest BCUT2D eigenvalue weighted by molar-refractivity contribution is 0.627. The second-order valence-corrected chi connectivity index (χ2v) is 4.78. The lowest BCUT2D eigenvalue weighted by Gasteiger charge is -2.01. The van der Waals surface area contributed by atoms with Crippen LogP contribution in [0.3, 0.4) is 0 Å². The van der Waals surface area contributed by atoms with E-state index in [4.69, 9.17) is 16.0 Å². The number of aryl methyl sites for hydroxylation is 1. The molecule has 3 nitrogen and oxygen atoms in total. The highest BCUT2D eigenvalue weighted by molar-refractivity contribution is 6.29. The van der Waals surface area contributed by atoms with E-state index >= 15 is 0 Å². The molecule has 4 heteroatoms. The molecule has 0 N–H and O–H groups in total. The zero-order valence-electron chi connectivity index (χ0n) is 10.6. The first-order valence-corrected chi connectivity index (χ1v) is 6.66. The van der Waals surface area contributed by atoms with Gasteiger partial charge in [-0.1, -0.05) is 36.7 Å². The summed E-state index contributed by atoms with van der Waals surface area (Å²) in [5.41, 5.74) is 1.59.